The third-order valence-electron chi connectivity index (χ3n) is 12.9. The topological polar surface area (TPSA) is 3.24 Å². The zero-order valence-corrected chi connectivity index (χ0v) is 26.7. The van der Waals surface area contributed by atoms with E-state index < -0.39 is 0 Å². The zero-order chi connectivity index (χ0) is 30.2. The van der Waals surface area contributed by atoms with E-state index in [2.05, 4.69) is 126 Å². The minimum absolute atomic E-state index is 0.245. The van der Waals surface area contributed by atoms with E-state index in [1.165, 1.54) is 96.2 Å². The largest absolute Gasteiger partial charge is 0.310 e. The van der Waals surface area contributed by atoms with Crippen LogP contribution in [0.25, 0.3) is 11.1 Å². The number of benzene rings is 5. The van der Waals surface area contributed by atoms with Crippen molar-refractivity contribution in [2.75, 3.05) is 4.90 Å². The Balaban J connectivity index is 1.06. The highest BCUT2D eigenvalue weighted by atomic mass is 15.1. The Morgan fingerprint density at radius 1 is 0.413 bits per heavy atom. The second kappa shape index (κ2) is 10.7. The molecule has 0 amide bonds. The molecule has 0 saturated heterocycles. The molecule has 4 saturated carbocycles. The summed E-state index contributed by atoms with van der Waals surface area (Å²) in [6.45, 7) is 0. The normalized spacial score (nSPS) is 28.4. The predicted octanol–water partition coefficient (Wildman–Crippen LogP) is 12.1. The van der Waals surface area contributed by atoms with Crippen LogP contribution in [0, 0.1) is 23.7 Å². The van der Waals surface area contributed by atoms with Crippen LogP contribution >= 0.6 is 0 Å². The number of fused-ring (bicyclic) bond motifs is 7. The Labute approximate surface area is 274 Å². The number of nitrogens with zero attached hydrogens (tertiary/aromatic N) is 1. The summed E-state index contributed by atoms with van der Waals surface area (Å²) in [5.41, 5.74) is 13.8. The zero-order valence-electron chi connectivity index (χ0n) is 26.7. The molecule has 4 fully saturated rings. The van der Waals surface area contributed by atoms with Crippen molar-refractivity contribution >= 4 is 17.1 Å². The Kier molecular flexibility index (Phi) is 6.31. The van der Waals surface area contributed by atoms with Gasteiger partial charge in [-0.2, -0.15) is 0 Å². The minimum atomic E-state index is 0.245. The lowest BCUT2D eigenvalue weighted by Crippen LogP contribution is -2.13. The minimum Gasteiger partial charge on any atom is -0.310 e. The Morgan fingerprint density at radius 2 is 0.957 bits per heavy atom. The predicted molar refractivity (Wildman–Crippen MR) is 190 cm³/mol. The summed E-state index contributed by atoms with van der Waals surface area (Å²) in [6, 6.07) is 46.7. The van der Waals surface area contributed by atoms with Crippen LogP contribution in [-0.2, 0) is 0 Å². The molecule has 5 aliphatic carbocycles. The second-order valence-electron chi connectivity index (χ2n) is 15.3. The first-order valence-electron chi connectivity index (χ1n) is 18.0. The van der Waals surface area contributed by atoms with Crippen molar-refractivity contribution in [2.45, 2.75) is 69.1 Å². The van der Waals surface area contributed by atoms with Crippen molar-refractivity contribution in [1.29, 1.82) is 0 Å². The van der Waals surface area contributed by atoms with Gasteiger partial charge in [0.25, 0.3) is 0 Å². The van der Waals surface area contributed by atoms with Crippen LogP contribution < -0.4 is 4.90 Å². The molecule has 0 heterocycles. The van der Waals surface area contributed by atoms with Crippen molar-refractivity contribution in [3.05, 3.63) is 149 Å². The maximum absolute atomic E-state index is 2.51. The number of hydrogen-bond acceptors (Lipinski definition) is 1. The van der Waals surface area contributed by atoms with E-state index in [1.54, 1.807) is 11.1 Å². The number of hydrogen-bond donors (Lipinski definition) is 0. The summed E-state index contributed by atoms with van der Waals surface area (Å²) in [5.74, 6) is 5.49. The lowest BCUT2D eigenvalue weighted by Gasteiger charge is -2.29. The molecule has 5 aromatic carbocycles. The van der Waals surface area contributed by atoms with Gasteiger partial charge in [-0.25, -0.2) is 0 Å². The molecule has 46 heavy (non-hydrogen) atoms. The van der Waals surface area contributed by atoms with E-state index in [0.29, 0.717) is 0 Å². The lowest BCUT2D eigenvalue weighted by molar-refractivity contribution is 0.420. The van der Waals surface area contributed by atoms with E-state index in [9.17, 15) is 0 Å². The smallest absolute Gasteiger partial charge is 0.0465 e. The third-order valence-corrected chi connectivity index (χ3v) is 12.9. The summed E-state index contributed by atoms with van der Waals surface area (Å²) >= 11 is 0. The van der Waals surface area contributed by atoms with Gasteiger partial charge in [-0.15, -0.1) is 0 Å². The van der Waals surface area contributed by atoms with Gasteiger partial charge in [-0.3, -0.25) is 0 Å². The molecule has 0 aliphatic heterocycles. The van der Waals surface area contributed by atoms with Crippen molar-refractivity contribution < 1.29 is 0 Å². The van der Waals surface area contributed by atoms with E-state index in [-0.39, 0.29) is 5.92 Å². The fourth-order valence-corrected chi connectivity index (χ4v) is 10.8. The van der Waals surface area contributed by atoms with Crippen LogP contribution in [0.1, 0.15) is 96.9 Å². The maximum Gasteiger partial charge on any atom is 0.0465 e. The molecule has 0 aromatic heterocycles. The highest BCUT2D eigenvalue weighted by Gasteiger charge is 2.41. The number of anilines is 3. The molecular weight excluding hydrogens is 555 g/mol. The average Bonchev–Trinajstić information content (AvgIpc) is 3.97. The monoisotopic (exact) mass is 597 g/mol. The molecule has 7 unspecified atom stereocenters. The average molecular weight is 598 g/mol. The van der Waals surface area contributed by atoms with Gasteiger partial charge < -0.3 is 4.90 Å². The van der Waals surface area contributed by atoms with Gasteiger partial charge in [0.1, 0.15) is 0 Å². The molecule has 7 atom stereocenters. The quantitative estimate of drug-likeness (QED) is 0.185. The first kappa shape index (κ1) is 27.1. The summed E-state index contributed by atoms with van der Waals surface area (Å²) in [7, 11) is 0. The van der Waals surface area contributed by atoms with Crippen molar-refractivity contribution in [2.24, 2.45) is 23.7 Å². The first-order chi connectivity index (χ1) is 22.8. The standard InChI is InChI=1S/C45H43N/c1-2-6-33(7-3-1)45-41-9-5-4-8-39(41)40-23-22-38(28-44(40)45)46(36-18-14-31(15-19-36)42-26-29-10-12-34(42)24-29)37-20-16-32(17-21-37)43-27-30-11-13-35(43)25-30/h1-9,14-23,28-30,34-35,42-43,45H,10-13,24-27H2. The first-order valence-corrected chi connectivity index (χ1v) is 18.0. The van der Waals surface area contributed by atoms with Crippen molar-refractivity contribution in [3.63, 3.8) is 0 Å². The molecule has 0 spiro atoms. The summed E-state index contributed by atoms with van der Waals surface area (Å²) < 4.78 is 0. The van der Waals surface area contributed by atoms with Crippen LogP contribution in [0.5, 0.6) is 0 Å². The van der Waals surface area contributed by atoms with Gasteiger partial charge in [0.2, 0.25) is 0 Å². The highest BCUT2D eigenvalue weighted by Crippen LogP contribution is 2.55. The fraction of sp³-hybridized carbons (Fsp3) is 0.333. The van der Waals surface area contributed by atoms with Crippen LogP contribution in [0.2, 0.25) is 0 Å². The molecular formula is C45H43N. The maximum atomic E-state index is 2.51. The number of rotatable bonds is 6. The van der Waals surface area contributed by atoms with Crippen LogP contribution in [0.3, 0.4) is 0 Å². The van der Waals surface area contributed by atoms with E-state index in [4.69, 9.17) is 0 Å². The summed E-state index contributed by atoms with van der Waals surface area (Å²) in [4.78, 5) is 2.51. The van der Waals surface area contributed by atoms with Gasteiger partial charge in [-0.1, -0.05) is 97.8 Å². The molecule has 1 heteroatoms. The Morgan fingerprint density at radius 3 is 1.52 bits per heavy atom. The van der Waals surface area contributed by atoms with Crippen LogP contribution in [0.15, 0.2) is 121 Å². The van der Waals surface area contributed by atoms with E-state index >= 15 is 0 Å². The summed E-state index contributed by atoms with van der Waals surface area (Å²) in [6.07, 6.45) is 11.5. The van der Waals surface area contributed by atoms with Gasteiger partial charge in [0.15, 0.2) is 0 Å². The summed E-state index contributed by atoms with van der Waals surface area (Å²) in [5, 5.41) is 0. The van der Waals surface area contributed by atoms with Gasteiger partial charge >= 0.3 is 0 Å². The Hall–Kier alpha value is -4.10. The molecule has 0 N–H and O–H groups in total. The third kappa shape index (κ3) is 4.34. The van der Waals surface area contributed by atoms with Gasteiger partial charge in [0, 0.05) is 23.0 Å². The van der Waals surface area contributed by atoms with E-state index in [0.717, 1.165) is 35.5 Å². The molecule has 5 aromatic rings. The van der Waals surface area contributed by atoms with Crippen LogP contribution in [0.4, 0.5) is 17.1 Å². The molecule has 0 radical (unpaired) electrons. The molecule has 4 bridgehead atoms. The van der Waals surface area contributed by atoms with E-state index in [1.807, 2.05) is 0 Å². The SMILES string of the molecule is c1ccc(C2c3ccccc3-c3ccc(N(c4ccc(C5CC6CCC5C6)cc4)c4ccc(C5CC6CCC5C6)cc4)cc32)cc1. The lowest BCUT2D eigenvalue weighted by atomic mass is 9.83. The van der Waals surface area contributed by atoms with Gasteiger partial charge in [0.05, 0.1) is 0 Å². The van der Waals surface area contributed by atoms with Crippen molar-refractivity contribution in [1.82, 2.24) is 0 Å². The highest BCUT2D eigenvalue weighted by molar-refractivity contribution is 5.85. The Bertz CT molecular complexity index is 1820. The van der Waals surface area contributed by atoms with Crippen molar-refractivity contribution in [3.8, 4) is 11.1 Å². The molecule has 1 nitrogen and oxygen atoms in total. The molecule has 228 valence electrons. The fourth-order valence-electron chi connectivity index (χ4n) is 10.8. The van der Waals surface area contributed by atoms with Gasteiger partial charge in [-0.05, 0) is 149 Å². The second-order valence-corrected chi connectivity index (χ2v) is 15.3. The molecule has 10 rings (SSSR count). The van der Waals surface area contributed by atoms with Crippen LogP contribution in [-0.4, -0.2) is 0 Å². The molecule has 5 aliphatic rings.